The molecule has 2 aromatic rings. The van der Waals surface area contributed by atoms with E-state index in [1.165, 1.54) is 11.1 Å². The number of aryl methyl sites for hydroxylation is 3. The summed E-state index contributed by atoms with van der Waals surface area (Å²) in [5, 5.41) is 14.8. The zero-order valence-corrected chi connectivity index (χ0v) is 11.6. The molecule has 0 spiro atoms. The molecule has 0 saturated carbocycles. The largest absolute Gasteiger partial charge is 0.386 e. The molecule has 0 aliphatic rings. The number of halogens is 1. The minimum atomic E-state index is -0.632. The molecule has 0 aliphatic heterocycles. The summed E-state index contributed by atoms with van der Waals surface area (Å²) in [7, 11) is 1.78. The number of hydrogen-bond acceptors (Lipinski definition) is 2. The fraction of sp³-hybridized carbons (Fsp3) is 0.357. The molecule has 4 heteroatoms. The van der Waals surface area contributed by atoms with Gasteiger partial charge >= 0.3 is 0 Å². The van der Waals surface area contributed by atoms with E-state index in [0.29, 0.717) is 17.1 Å². The molecule has 0 bridgehead atoms. The van der Waals surface area contributed by atoms with Crippen molar-refractivity contribution in [3.63, 3.8) is 0 Å². The lowest BCUT2D eigenvalue weighted by atomic mass is 10.0. The molecule has 18 heavy (non-hydrogen) atoms. The minimum Gasteiger partial charge on any atom is -0.386 e. The Morgan fingerprint density at radius 1 is 1.33 bits per heavy atom. The van der Waals surface area contributed by atoms with Crippen LogP contribution in [0.5, 0.6) is 0 Å². The predicted octanol–water partition coefficient (Wildman–Crippen LogP) is 2.97. The van der Waals surface area contributed by atoms with Crippen LogP contribution in [-0.4, -0.2) is 14.9 Å². The third kappa shape index (κ3) is 2.57. The molecule has 1 unspecified atom stereocenters. The molecule has 1 N–H and O–H groups in total. The number of aromatic nitrogens is 2. The number of benzene rings is 1. The van der Waals surface area contributed by atoms with E-state index in [9.17, 15) is 5.11 Å². The SMILES string of the molecule is Cc1ccc(CC(O)c2c(Cl)cnn2C)cc1C. The third-order valence-electron chi connectivity index (χ3n) is 3.25. The summed E-state index contributed by atoms with van der Waals surface area (Å²) in [6.07, 6.45) is 1.47. The highest BCUT2D eigenvalue weighted by Gasteiger charge is 2.17. The molecule has 3 nitrogen and oxygen atoms in total. The summed E-state index contributed by atoms with van der Waals surface area (Å²) < 4.78 is 1.62. The van der Waals surface area contributed by atoms with Crippen LogP contribution in [0.25, 0.3) is 0 Å². The van der Waals surface area contributed by atoms with Crippen LogP contribution in [0.2, 0.25) is 5.02 Å². The van der Waals surface area contributed by atoms with Gasteiger partial charge in [0.25, 0.3) is 0 Å². The van der Waals surface area contributed by atoms with Crippen LogP contribution in [0.3, 0.4) is 0 Å². The number of aliphatic hydroxyl groups is 1. The Hall–Kier alpha value is -1.32. The van der Waals surface area contributed by atoms with Gasteiger partial charge in [0.05, 0.1) is 16.9 Å². The molecule has 1 aromatic heterocycles. The van der Waals surface area contributed by atoms with Crippen molar-refractivity contribution in [3.8, 4) is 0 Å². The van der Waals surface area contributed by atoms with Gasteiger partial charge in [-0.15, -0.1) is 0 Å². The van der Waals surface area contributed by atoms with E-state index < -0.39 is 6.10 Å². The molecular weight excluding hydrogens is 248 g/mol. The van der Waals surface area contributed by atoms with Gasteiger partial charge in [0.2, 0.25) is 0 Å². The van der Waals surface area contributed by atoms with E-state index in [1.807, 2.05) is 6.07 Å². The first-order valence-electron chi connectivity index (χ1n) is 5.90. The maximum Gasteiger partial charge on any atom is 0.101 e. The second-order valence-corrected chi connectivity index (χ2v) is 5.05. The van der Waals surface area contributed by atoms with E-state index in [2.05, 4.69) is 31.1 Å². The number of hydrogen-bond donors (Lipinski definition) is 1. The maximum atomic E-state index is 10.2. The van der Waals surface area contributed by atoms with Crippen LogP contribution < -0.4 is 0 Å². The zero-order chi connectivity index (χ0) is 13.3. The lowest BCUT2D eigenvalue weighted by Gasteiger charge is -2.13. The van der Waals surface area contributed by atoms with E-state index in [4.69, 9.17) is 11.6 Å². The average Bonchev–Trinajstić information content (AvgIpc) is 2.64. The van der Waals surface area contributed by atoms with Gasteiger partial charge in [-0.1, -0.05) is 29.8 Å². The Balaban J connectivity index is 2.21. The molecular formula is C14H17ClN2O. The highest BCUT2D eigenvalue weighted by Crippen LogP contribution is 2.25. The van der Waals surface area contributed by atoms with Crippen molar-refractivity contribution < 1.29 is 5.11 Å². The first-order valence-corrected chi connectivity index (χ1v) is 6.28. The van der Waals surface area contributed by atoms with Gasteiger partial charge in [-0.25, -0.2) is 0 Å². The molecule has 0 aliphatic carbocycles. The molecule has 0 fully saturated rings. The summed E-state index contributed by atoms with van der Waals surface area (Å²) >= 11 is 6.02. The maximum absolute atomic E-state index is 10.2. The summed E-state index contributed by atoms with van der Waals surface area (Å²) in [6, 6.07) is 6.21. The summed E-state index contributed by atoms with van der Waals surface area (Å²) in [5.41, 5.74) is 4.25. The number of rotatable bonds is 3. The van der Waals surface area contributed by atoms with Gasteiger partial charge in [-0.2, -0.15) is 5.10 Å². The van der Waals surface area contributed by atoms with Crippen molar-refractivity contribution in [1.29, 1.82) is 0 Å². The van der Waals surface area contributed by atoms with Crippen LogP contribution in [0.4, 0.5) is 0 Å². The van der Waals surface area contributed by atoms with E-state index >= 15 is 0 Å². The third-order valence-corrected chi connectivity index (χ3v) is 3.54. The standard InChI is InChI=1S/C14H17ClN2O/c1-9-4-5-11(6-10(9)2)7-13(18)14-12(15)8-16-17(14)3/h4-6,8,13,18H,7H2,1-3H3. The quantitative estimate of drug-likeness (QED) is 0.926. The molecule has 0 amide bonds. The van der Waals surface area contributed by atoms with Crippen LogP contribution in [0.1, 0.15) is 28.5 Å². The molecule has 96 valence electrons. The van der Waals surface area contributed by atoms with Crippen molar-refractivity contribution >= 4 is 11.6 Å². The van der Waals surface area contributed by atoms with Crippen molar-refractivity contribution in [3.05, 3.63) is 51.8 Å². The van der Waals surface area contributed by atoms with Crippen LogP contribution in [0, 0.1) is 13.8 Å². The smallest absolute Gasteiger partial charge is 0.101 e. The van der Waals surface area contributed by atoms with Gasteiger partial charge in [0.1, 0.15) is 6.10 Å². The first-order chi connectivity index (χ1) is 8.49. The van der Waals surface area contributed by atoms with Gasteiger partial charge < -0.3 is 5.11 Å². The zero-order valence-electron chi connectivity index (χ0n) is 10.8. The van der Waals surface area contributed by atoms with Crippen LogP contribution >= 0.6 is 11.6 Å². The lowest BCUT2D eigenvalue weighted by Crippen LogP contribution is -2.08. The second-order valence-electron chi connectivity index (χ2n) is 4.64. The highest BCUT2D eigenvalue weighted by atomic mass is 35.5. The minimum absolute atomic E-state index is 0.508. The Kier molecular flexibility index (Phi) is 3.73. The first kappa shape index (κ1) is 13.1. The summed E-state index contributed by atoms with van der Waals surface area (Å²) in [6.45, 7) is 4.15. The van der Waals surface area contributed by atoms with Crippen molar-refractivity contribution in [2.24, 2.45) is 7.05 Å². The van der Waals surface area contributed by atoms with Gasteiger partial charge in [0, 0.05) is 13.5 Å². The average molecular weight is 265 g/mol. The van der Waals surface area contributed by atoms with Crippen molar-refractivity contribution in [2.75, 3.05) is 0 Å². The Bertz CT molecular complexity index is 543. The van der Waals surface area contributed by atoms with Gasteiger partial charge in [-0.05, 0) is 30.5 Å². The number of nitrogens with zero attached hydrogens (tertiary/aromatic N) is 2. The fourth-order valence-electron chi connectivity index (χ4n) is 2.05. The van der Waals surface area contributed by atoms with Gasteiger partial charge in [0.15, 0.2) is 0 Å². The Morgan fingerprint density at radius 2 is 2.06 bits per heavy atom. The molecule has 0 saturated heterocycles. The highest BCUT2D eigenvalue weighted by molar-refractivity contribution is 6.31. The lowest BCUT2D eigenvalue weighted by molar-refractivity contribution is 0.168. The van der Waals surface area contributed by atoms with Crippen LogP contribution in [-0.2, 0) is 13.5 Å². The normalized spacial score (nSPS) is 12.7. The Morgan fingerprint density at radius 3 is 2.61 bits per heavy atom. The van der Waals surface area contributed by atoms with Crippen molar-refractivity contribution in [1.82, 2.24) is 9.78 Å². The monoisotopic (exact) mass is 264 g/mol. The Labute approximate surface area is 112 Å². The summed E-state index contributed by atoms with van der Waals surface area (Å²) in [5.74, 6) is 0. The molecule has 1 heterocycles. The number of aliphatic hydroxyl groups excluding tert-OH is 1. The van der Waals surface area contributed by atoms with Crippen LogP contribution in [0.15, 0.2) is 24.4 Å². The molecule has 1 aromatic carbocycles. The molecule has 1 atom stereocenters. The molecule has 2 rings (SSSR count). The second kappa shape index (κ2) is 5.12. The predicted molar refractivity (Wildman–Crippen MR) is 72.8 cm³/mol. The van der Waals surface area contributed by atoms with E-state index in [-0.39, 0.29) is 0 Å². The summed E-state index contributed by atoms with van der Waals surface area (Å²) in [4.78, 5) is 0. The van der Waals surface area contributed by atoms with E-state index in [1.54, 1.807) is 17.9 Å². The van der Waals surface area contributed by atoms with Gasteiger partial charge in [-0.3, -0.25) is 4.68 Å². The molecule has 0 radical (unpaired) electrons. The fourth-order valence-corrected chi connectivity index (χ4v) is 2.34. The van der Waals surface area contributed by atoms with E-state index in [0.717, 1.165) is 5.56 Å². The topological polar surface area (TPSA) is 38.1 Å². The van der Waals surface area contributed by atoms with Crippen molar-refractivity contribution in [2.45, 2.75) is 26.4 Å².